The summed E-state index contributed by atoms with van der Waals surface area (Å²) in [7, 11) is -3.81. The minimum Gasteiger partial charge on any atom is -0.366 e. The molecule has 1 saturated heterocycles. The maximum absolute atomic E-state index is 13.0. The Morgan fingerprint density at radius 3 is 2.66 bits per heavy atom. The van der Waals surface area contributed by atoms with Crippen molar-refractivity contribution in [3.63, 3.8) is 0 Å². The van der Waals surface area contributed by atoms with Crippen molar-refractivity contribution < 1.29 is 17.9 Å². The standard InChI is InChI=1S/C20H20Cl2N2O4S/c21-16-6-5-14-7-8-23(12-15(14)11-16)20(25)18-13-24(9-10-28-18)29(26,27)19-4-2-1-3-17(19)22/h1-6,11,18H,7-10,12-13H2. The number of amides is 1. The maximum Gasteiger partial charge on any atom is 0.253 e. The summed E-state index contributed by atoms with van der Waals surface area (Å²) >= 11 is 12.2. The van der Waals surface area contributed by atoms with E-state index in [4.69, 9.17) is 27.9 Å². The summed E-state index contributed by atoms with van der Waals surface area (Å²) in [6.07, 6.45) is -0.117. The highest BCUT2D eigenvalue weighted by Crippen LogP contribution is 2.27. The molecule has 2 aromatic carbocycles. The number of benzene rings is 2. The summed E-state index contributed by atoms with van der Waals surface area (Å²) in [5, 5.41) is 0.787. The van der Waals surface area contributed by atoms with Crippen LogP contribution in [0.4, 0.5) is 0 Å². The second-order valence-electron chi connectivity index (χ2n) is 7.08. The third kappa shape index (κ3) is 4.15. The van der Waals surface area contributed by atoms with Crippen LogP contribution in [0, 0.1) is 0 Å². The first-order chi connectivity index (χ1) is 13.9. The van der Waals surface area contributed by atoms with Crippen molar-refractivity contribution in [1.82, 2.24) is 9.21 Å². The van der Waals surface area contributed by atoms with E-state index in [9.17, 15) is 13.2 Å². The molecule has 154 valence electrons. The van der Waals surface area contributed by atoms with Gasteiger partial charge in [0.05, 0.1) is 11.6 Å². The third-order valence-electron chi connectivity index (χ3n) is 5.25. The molecule has 0 saturated carbocycles. The lowest BCUT2D eigenvalue weighted by Crippen LogP contribution is -2.53. The van der Waals surface area contributed by atoms with Crippen LogP contribution >= 0.6 is 23.2 Å². The second-order valence-corrected chi connectivity index (χ2v) is 9.83. The van der Waals surface area contributed by atoms with Crippen molar-refractivity contribution in [2.75, 3.05) is 26.2 Å². The van der Waals surface area contributed by atoms with E-state index in [2.05, 4.69) is 0 Å². The van der Waals surface area contributed by atoms with E-state index in [1.54, 1.807) is 17.0 Å². The molecule has 2 aliphatic heterocycles. The first kappa shape index (κ1) is 20.6. The van der Waals surface area contributed by atoms with E-state index in [1.165, 1.54) is 22.0 Å². The van der Waals surface area contributed by atoms with Crippen LogP contribution in [0.5, 0.6) is 0 Å². The Morgan fingerprint density at radius 2 is 1.86 bits per heavy atom. The largest absolute Gasteiger partial charge is 0.366 e. The fraction of sp³-hybridized carbons (Fsp3) is 0.350. The summed E-state index contributed by atoms with van der Waals surface area (Å²) in [5.41, 5.74) is 2.18. The highest BCUT2D eigenvalue weighted by atomic mass is 35.5. The van der Waals surface area contributed by atoms with Crippen molar-refractivity contribution >= 4 is 39.1 Å². The topological polar surface area (TPSA) is 66.9 Å². The lowest BCUT2D eigenvalue weighted by molar-refractivity contribution is -0.148. The number of carbonyl (C=O) groups excluding carboxylic acids is 1. The van der Waals surface area contributed by atoms with Gasteiger partial charge < -0.3 is 9.64 Å². The normalized spacial score (nSPS) is 20.3. The van der Waals surface area contributed by atoms with Crippen molar-refractivity contribution in [3.8, 4) is 0 Å². The number of fused-ring (bicyclic) bond motifs is 1. The molecule has 2 heterocycles. The number of carbonyl (C=O) groups is 1. The molecule has 0 N–H and O–H groups in total. The summed E-state index contributed by atoms with van der Waals surface area (Å²) < 4.78 is 32.9. The zero-order chi connectivity index (χ0) is 20.6. The number of halogens is 2. The van der Waals surface area contributed by atoms with E-state index in [0.29, 0.717) is 18.1 Å². The molecule has 0 bridgehead atoms. The molecule has 1 amide bonds. The number of hydrogen-bond acceptors (Lipinski definition) is 4. The molecule has 6 nitrogen and oxygen atoms in total. The number of sulfonamides is 1. The Balaban J connectivity index is 1.50. The van der Waals surface area contributed by atoms with Gasteiger partial charge in [-0.2, -0.15) is 4.31 Å². The molecule has 9 heteroatoms. The molecule has 29 heavy (non-hydrogen) atoms. The first-order valence-electron chi connectivity index (χ1n) is 9.28. The van der Waals surface area contributed by atoms with Gasteiger partial charge >= 0.3 is 0 Å². The zero-order valence-corrected chi connectivity index (χ0v) is 17.9. The van der Waals surface area contributed by atoms with Gasteiger partial charge in [0.15, 0.2) is 0 Å². The Bertz CT molecular complexity index is 1040. The lowest BCUT2D eigenvalue weighted by atomic mass is 9.99. The second kappa shape index (κ2) is 8.24. The smallest absolute Gasteiger partial charge is 0.253 e. The summed E-state index contributed by atoms with van der Waals surface area (Å²) in [6.45, 7) is 1.29. The summed E-state index contributed by atoms with van der Waals surface area (Å²) in [6, 6.07) is 12.0. The number of nitrogens with zero attached hydrogens (tertiary/aromatic N) is 2. The molecule has 0 radical (unpaired) electrons. The van der Waals surface area contributed by atoms with E-state index in [0.717, 1.165) is 12.0 Å². The van der Waals surface area contributed by atoms with E-state index in [1.807, 2.05) is 18.2 Å². The number of ether oxygens (including phenoxy) is 1. The summed E-state index contributed by atoms with van der Waals surface area (Å²) in [5.74, 6) is -0.213. The average Bonchev–Trinajstić information content (AvgIpc) is 2.73. The van der Waals surface area contributed by atoms with Gasteiger partial charge in [0.1, 0.15) is 11.0 Å². The number of rotatable bonds is 3. The van der Waals surface area contributed by atoms with E-state index in [-0.39, 0.29) is 35.5 Å². The minimum absolute atomic E-state index is 0.0364. The predicted octanol–water partition coefficient (Wildman–Crippen LogP) is 2.97. The zero-order valence-electron chi connectivity index (χ0n) is 15.6. The van der Waals surface area contributed by atoms with Crippen molar-refractivity contribution in [2.45, 2.75) is 24.0 Å². The SMILES string of the molecule is O=C(C1CN(S(=O)(=O)c2ccccc2Cl)CCO1)N1CCc2ccc(Cl)cc2C1. The molecule has 2 aromatic rings. The molecule has 4 rings (SSSR count). The Morgan fingerprint density at radius 1 is 1.07 bits per heavy atom. The van der Waals surface area contributed by atoms with Gasteiger partial charge in [-0.25, -0.2) is 8.42 Å². The molecule has 0 aromatic heterocycles. The minimum atomic E-state index is -3.81. The predicted molar refractivity (Wildman–Crippen MR) is 111 cm³/mol. The van der Waals surface area contributed by atoms with Crippen LogP contribution in [0.15, 0.2) is 47.4 Å². The van der Waals surface area contributed by atoms with Gasteiger partial charge in [-0.05, 0) is 41.8 Å². The van der Waals surface area contributed by atoms with E-state index < -0.39 is 16.1 Å². The van der Waals surface area contributed by atoms with Crippen molar-refractivity contribution in [1.29, 1.82) is 0 Å². The molecular formula is C20H20Cl2N2O4S. The highest BCUT2D eigenvalue weighted by Gasteiger charge is 2.37. The molecule has 1 unspecified atom stereocenters. The number of hydrogen-bond donors (Lipinski definition) is 0. The Hall–Kier alpha value is -1.64. The quantitative estimate of drug-likeness (QED) is 0.714. The van der Waals surface area contributed by atoms with Crippen LogP contribution in [0.3, 0.4) is 0 Å². The fourth-order valence-corrected chi connectivity index (χ4v) is 5.82. The number of morpholine rings is 1. The highest BCUT2D eigenvalue weighted by molar-refractivity contribution is 7.89. The molecule has 0 spiro atoms. The van der Waals surface area contributed by atoms with Crippen LogP contribution in [0.25, 0.3) is 0 Å². The van der Waals surface area contributed by atoms with Crippen LogP contribution in [-0.2, 0) is 32.5 Å². The average molecular weight is 455 g/mol. The van der Waals surface area contributed by atoms with Gasteiger partial charge in [0, 0.05) is 31.2 Å². The van der Waals surface area contributed by atoms with Crippen LogP contribution < -0.4 is 0 Å². The maximum atomic E-state index is 13.0. The fourth-order valence-electron chi connectivity index (χ4n) is 3.70. The molecule has 1 atom stereocenters. The molecular weight excluding hydrogens is 435 g/mol. The van der Waals surface area contributed by atoms with Gasteiger partial charge in [-0.15, -0.1) is 0 Å². The monoisotopic (exact) mass is 454 g/mol. The van der Waals surface area contributed by atoms with Gasteiger partial charge in [0.2, 0.25) is 10.0 Å². The van der Waals surface area contributed by atoms with Crippen molar-refractivity contribution in [3.05, 3.63) is 63.6 Å². The van der Waals surface area contributed by atoms with E-state index >= 15 is 0 Å². The van der Waals surface area contributed by atoms with Crippen LogP contribution in [0.1, 0.15) is 11.1 Å². The van der Waals surface area contributed by atoms with Gasteiger partial charge in [-0.1, -0.05) is 41.4 Å². The lowest BCUT2D eigenvalue weighted by Gasteiger charge is -2.36. The Labute approximate surface area is 180 Å². The van der Waals surface area contributed by atoms with Gasteiger partial charge in [0.25, 0.3) is 5.91 Å². The van der Waals surface area contributed by atoms with Crippen molar-refractivity contribution in [2.24, 2.45) is 0 Å². The van der Waals surface area contributed by atoms with Gasteiger partial charge in [-0.3, -0.25) is 4.79 Å². The Kier molecular flexibility index (Phi) is 5.86. The third-order valence-corrected chi connectivity index (χ3v) is 7.85. The van der Waals surface area contributed by atoms with Crippen LogP contribution in [0.2, 0.25) is 10.0 Å². The molecule has 2 aliphatic rings. The molecule has 1 fully saturated rings. The van der Waals surface area contributed by atoms with Crippen LogP contribution in [-0.4, -0.2) is 55.9 Å². The molecule has 0 aliphatic carbocycles. The summed E-state index contributed by atoms with van der Waals surface area (Å²) in [4.78, 5) is 14.8. The first-order valence-corrected chi connectivity index (χ1v) is 11.5.